The van der Waals surface area contributed by atoms with Gasteiger partial charge in [-0.25, -0.2) is 4.79 Å². The van der Waals surface area contributed by atoms with E-state index >= 15 is 0 Å². The Bertz CT molecular complexity index is 705. The SMILES string of the molecule is CN(C)C1(Cc2ccc(Cl)cc2)CCC(NC(=O)CCNC(=O)OC(C)(C)C)CC1. The van der Waals surface area contributed by atoms with E-state index in [0.717, 1.165) is 37.1 Å². The van der Waals surface area contributed by atoms with Gasteiger partial charge in [-0.3, -0.25) is 4.79 Å². The number of benzene rings is 1. The molecular weight excluding hydrogens is 402 g/mol. The van der Waals surface area contributed by atoms with Crippen LogP contribution in [0.2, 0.25) is 5.02 Å². The zero-order chi connectivity index (χ0) is 22.4. The van der Waals surface area contributed by atoms with Gasteiger partial charge in [0.05, 0.1) is 0 Å². The number of halogens is 1. The maximum Gasteiger partial charge on any atom is 0.407 e. The van der Waals surface area contributed by atoms with E-state index in [1.165, 1.54) is 5.56 Å². The van der Waals surface area contributed by atoms with Crippen LogP contribution in [0.15, 0.2) is 24.3 Å². The van der Waals surface area contributed by atoms with Crippen molar-refractivity contribution in [3.63, 3.8) is 0 Å². The first-order valence-corrected chi connectivity index (χ1v) is 11.0. The Morgan fingerprint density at radius 3 is 2.30 bits per heavy atom. The quantitative estimate of drug-likeness (QED) is 0.672. The second-order valence-electron chi connectivity index (χ2n) is 9.44. The minimum absolute atomic E-state index is 0.0360. The Labute approximate surface area is 185 Å². The van der Waals surface area contributed by atoms with E-state index in [0.29, 0.717) is 0 Å². The molecule has 1 aromatic carbocycles. The first-order chi connectivity index (χ1) is 14.0. The highest BCUT2D eigenvalue weighted by Crippen LogP contribution is 2.35. The van der Waals surface area contributed by atoms with Gasteiger partial charge in [0, 0.05) is 29.6 Å². The van der Waals surface area contributed by atoms with Crippen LogP contribution >= 0.6 is 11.6 Å². The Morgan fingerprint density at radius 2 is 1.77 bits per heavy atom. The number of alkyl carbamates (subject to hydrolysis) is 1. The highest BCUT2D eigenvalue weighted by molar-refractivity contribution is 6.30. The molecule has 7 heteroatoms. The van der Waals surface area contributed by atoms with E-state index in [9.17, 15) is 9.59 Å². The van der Waals surface area contributed by atoms with E-state index in [-0.39, 0.29) is 30.5 Å². The molecule has 0 atom stereocenters. The summed E-state index contributed by atoms with van der Waals surface area (Å²) < 4.78 is 5.18. The van der Waals surface area contributed by atoms with Crippen LogP contribution in [0.3, 0.4) is 0 Å². The molecule has 0 unspecified atom stereocenters. The molecule has 1 saturated carbocycles. The third-order valence-electron chi connectivity index (χ3n) is 5.70. The van der Waals surface area contributed by atoms with E-state index in [1.54, 1.807) is 0 Å². The Morgan fingerprint density at radius 1 is 1.17 bits per heavy atom. The molecule has 1 fully saturated rings. The summed E-state index contributed by atoms with van der Waals surface area (Å²) in [5, 5.41) is 6.51. The second kappa shape index (κ2) is 10.5. The van der Waals surface area contributed by atoms with Gasteiger partial charge in [-0.1, -0.05) is 23.7 Å². The maximum absolute atomic E-state index is 12.3. The fourth-order valence-electron chi connectivity index (χ4n) is 3.96. The Balaban J connectivity index is 1.78. The summed E-state index contributed by atoms with van der Waals surface area (Å²) in [5.74, 6) is -0.0360. The molecule has 0 radical (unpaired) electrons. The number of carbonyl (C=O) groups is 2. The van der Waals surface area contributed by atoms with Crippen molar-refractivity contribution in [3.05, 3.63) is 34.9 Å². The molecule has 30 heavy (non-hydrogen) atoms. The van der Waals surface area contributed by atoms with Crippen molar-refractivity contribution in [3.8, 4) is 0 Å². The smallest absolute Gasteiger partial charge is 0.407 e. The predicted octanol–water partition coefficient (Wildman–Crippen LogP) is 4.16. The molecule has 0 bridgehead atoms. The molecule has 1 aliphatic carbocycles. The highest BCUT2D eigenvalue weighted by atomic mass is 35.5. The summed E-state index contributed by atoms with van der Waals surface area (Å²) in [6.45, 7) is 5.70. The van der Waals surface area contributed by atoms with Crippen molar-refractivity contribution in [1.29, 1.82) is 0 Å². The lowest BCUT2D eigenvalue weighted by Crippen LogP contribution is -2.52. The summed E-state index contributed by atoms with van der Waals surface area (Å²) >= 11 is 6.02. The Kier molecular flexibility index (Phi) is 8.56. The maximum atomic E-state index is 12.3. The summed E-state index contributed by atoms with van der Waals surface area (Å²) in [6.07, 6.45) is 4.64. The number of nitrogens with zero attached hydrogens (tertiary/aromatic N) is 1. The lowest BCUT2D eigenvalue weighted by Gasteiger charge is -2.45. The fourth-order valence-corrected chi connectivity index (χ4v) is 4.08. The van der Waals surface area contributed by atoms with Crippen molar-refractivity contribution >= 4 is 23.6 Å². The fraction of sp³-hybridized carbons (Fsp3) is 0.652. The molecule has 0 aromatic heterocycles. The van der Waals surface area contributed by atoms with Crippen molar-refractivity contribution in [1.82, 2.24) is 15.5 Å². The molecule has 2 rings (SSSR count). The number of nitrogens with one attached hydrogen (secondary N) is 2. The van der Waals surface area contributed by atoms with Crippen LogP contribution in [0.4, 0.5) is 4.79 Å². The minimum Gasteiger partial charge on any atom is -0.444 e. The molecule has 0 saturated heterocycles. The largest absolute Gasteiger partial charge is 0.444 e. The van der Waals surface area contributed by atoms with Crippen molar-refractivity contribution < 1.29 is 14.3 Å². The van der Waals surface area contributed by atoms with Gasteiger partial charge in [0.15, 0.2) is 0 Å². The van der Waals surface area contributed by atoms with Gasteiger partial charge in [-0.2, -0.15) is 0 Å². The minimum atomic E-state index is -0.542. The average molecular weight is 438 g/mol. The first-order valence-electron chi connectivity index (χ1n) is 10.7. The predicted molar refractivity (Wildman–Crippen MR) is 121 cm³/mol. The van der Waals surface area contributed by atoms with Crippen LogP contribution in [-0.4, -0.2) is 54.7 Å². The molecule has 0 spiro atoms. The molecular formula is C23H36ClN3O3. The summed E-state index contributed by atoms with van der Waals surface area (Å²) in [7, 11) is 4.27. The van der Waals surface area contributed by atoms with Crippen molar-refractivity contribution in [2.24, 2.45) is 0 Å². The zero-order valence-corrected chi connectivity index (χ0v) is 19.6. The van der Waals surface area contributed by atoms with Crippen molar-refractivity contribution in [2.75, 3.05) is 20.6 Å². The van der Waals surface area contributed by atoms with Crippen LogP contribution in [0.5, 0.6) is 0 Å². The zero-order valence-electron chi connectivity index (χ0n) is 18.9. The first kappa shape index (κ1) is 24.5. The van der Waals surface area contributed by atoms with Crippen LogP contribution in [0.25, 0.3) is 0 Å². The van der Waals surface area contributed by atoms with Gasteiger partial charge >= 0.3 is 6.09 Å². The second-order valence-corrected chi connectivity index (χ2v) is 9.88. The molecule has 1 aliphatic rings. The number of ether oxygens (including phenoxy) is 1. The number of amides is 2. The molecule has 2 N–H and O–H groups in total. The highest BCUT2D eigenvalue weighted by Gasteiger charge is 2.37. The molecule has 0 aliphatic heterocycles. The number of hydrogen-bond donors (Lipinski definition) is 2. The third-order valence-corrected chi connectivity index (χ3v) is 5.95. The summed E-state index contributed by atoms with van der Waals surface area (Å²) in [4.78, 5) is 26.3. The molecule has 0 heterocycles. The number of carbonyl (C=O) groups excluding carboxylic acids is 2. The molecule has 1 aromatic rings. The van der Waals surface area contributed by atoms with Gasteiger partial charge in [-0.05, 0) is 84.7 Å². The van der Waals surface area contributed by atoms with Gasteiger partial charge < -0.3 is 20.3 Å². The number of hydrogen-bond acceptors (Lipinski definition) is 4. The van der Waals surface area contributed by atoms with E-state index in [4.69, 9.17) is 16.3 Å². The standard InChI is InChI=1S/C23H36ClN3O3/c1-22(2,3)30-21(29)25-15-12-20(28)26-19-10-13-23(14-11-19,27(4)5)16-17-6-8-18(24)9-7-17/h6-9,19H,10-16H2,1-5H3,(H,25,29)(H,26,28). The number of rotatable bonds is 7. The summed E-state index contributed by atoms with van der Waals surface area (Å²) in [6, 6.07) is 8.25. The Hall–Kier alpha value is -1.79. The van der Waals surface area contributed by atoms with Gasteiger partial charge in [0.1, 0.15) is 5.60 Å². The molecule has 168 valence electrons. The van der Waals surface area contributed by atoms with E-state index < -0.39 is 11.7 Å². The van der Waals surface area contributed by atoms with Gasteiger partial charge in [0.2, 0.25) is 5.91 Å². The van der Waals surface area contributed by atoms with Crippen LogP contribution in [0.1, 0.15) is 58.4 Å². The lowest BCUT2D eigenvalue weighted by molar-refractivity contribution is -0.122. The molecule has 6 nitrogen and oxygen atoms in total. The normalized spacial score (nSPS) is 21.9. The van der Waals surface area contributed by atoms with Crippen LogP contribution in [0, 0.1) is 0 Å². The summed E-state index contributed by atoms with van der Waals surface area (Å²) in [5.41, 5.74) is 0.830. The van der Waals surface area contributed by atoms with E-state index in [2.05, 4.69) is 41.8 Å². The van der Waals surface area contributed by atoms with Crippen LogP contribution < -0.4 is 10.6 Å². The topological polar surface area (TPSA) is 70.7 Å². The van der Waals surface area contributed by atoms with Gasteiger partial charge in [0.25, 0.3) is 0 Å². The van der Waals surface area contributed by atoms with Gasteiger partial charge in [-0.15, -0.1) is 0 Å². The monoisotopic (exact) mass is 437 g/mol. The number of likely N-dealkylation sites (N-methyl/N-ethyl adjacent to an activating group) is 1. The van der Waals surface area contributed by atoms with E-state index in [1.807, 2.05) is 32.9 Å². The third kappa shape index (κ3) is 7.80. The van der Waals surface area contributed by atoms with Crippen molar-refractivity contribution in [2.45, 2.75) is 76.5 Å². The average Bonchev–Trinajstić information content (AvgIpc) is 2.63. The molecule has 2 amide bonds. The van der Waals surface area contributed by atoms with Crippen LogP contribution in [-0.2, 0) is 16.0 Å². The lowest BCUT2D eigenvalue weighted by atomic mass is 9.75.